The number of hydrogen-bond donors (Lipinski definition) is 0. The van der Waals surface area contributed by atoms with Crippen LogP contribution in [-0.2, 0) is 0 Å². The lowest BCUT2D eigenvalue weighted by molar-refractivity contribution is 0.669. The summed E-state index contributed by atoms with van der Waals surface area (Å²) in [5.41, 5.74) is 26.1. The Kier molecular flexibility index (Phi) is 18.9. The molecule has 0 aliphatic heterocycles. The second-order valence-corrected chi connectivity index (χ2v) is 37.6. The van der Waals surface area contributed by atoms with Crippen LogP contribution in [0.25, 0.3) is 266 Å². The van der Waals surface area contributed by atoms with Crippen LogP contribution in [0, 0.1) is 34.0 Å². The normalized spacial score (nSPS) is 11.7. The first-order valence-electron chi connectivity index (χ1n) is 46.5. The number of para-hydroxylation sites is 6. The molecule has 0 fully saturated rings. The van der Waals surface area contributed by atoms with Crippen molar-refractivity contribution in [3.05, 3.63) is 454 Å². The van der Waals surface area contributed by atoms with Gasteiger partial charge >= 0.3 is 0 Å². The standard InChI is InChI=1S/C50H29N3S.C39H22N4O.C38H21N3S/c51-30-42-38-14-6-8-16-43(38)52-50(48(42)32-11-2-1-3-12-32)33-18-23-36(24-19-33)53-44-17-9-7-15-39(44)40-28-34(20-25-45(40)53)35-22-26-46-41(29-35)49-37-13-5-4-10-31(37)21-27-47(49)54-46;40-23-33-29-12-4-6-14-32(29)41-39(42-33)43-34-19-17-25(26-18-20-37-30(21-26)28-11-5-7-16-36(28)44-37)22-31(34)38-27(13-8-15-35(38)43)24-9-2-1-3-10-24;39-22-25-21-36(40-31-13-5-3-9-26(25)31)41-32-14-6-4-11-29(32)30-18-16-24(20-33(30)41)28-12-7-15-34-38(28)37-27-10-2-1-8-23(27)17-19-35(37)42-34/h1-29H;1-22H;1-21H. The molecule has 0 saturated carbocycles. The number of nitriles is 3. The molecule has 20 aromatic carbocycles. The lowest BCUT2D eigenvalue weighted by Crippen LogP contribution is -2.03. The monoisotopic (exact) mass is 1820 g/mol. The molecule has 0 radical (unpaired) electrons. The molecule has 140 heavy (non-hydrogen) atoms. The minimum Gasteiger partial charge on any atom is -0.456 e. The highest BCUT2D eigenvalue weighted by atomic mass is 32.1. The van der Waals surface area contributed by atoms with Gasteiger partial charge in [-0.05, 0) is 211 Å². The smallest absolute Gasteiger partial charge is 0.236 e. The van der Waals surface area contributed by atoms with Gasteiger partial charge < -0.3 is 8.98 Å². The molecule has 0 aliphatic rings. The molecular formula is C127H72N10OS2. The second-order valence-electron chi connectivity index (χ2n) is 35.4. The molecule has 0 saturated heterocycles. The average molecular weight is 1820 g/mol. The summed E-state index contributed by atoms with van der Waals surface area (Å²) in [6.45, 7) is 0. The van der Waals surface area contributed by atoms with Crippen LogP contribution in [0.2, 0.25) is 0 Å². The zero-order valence-electron chi connectivity index (χ0n) is 74.8. The molecule has 29 aromatic rings. The Bertz CT molecular complexity index is 10400. The van der Waals surface area contributed by atoms with Gasteiger partial charge in [0, 0.05) is 116 Å². The number of hydrogen-bond acceptors (Lipinski definition) is 10. The zero-order chi connectivity index (χ0) is 92.7. The number of benzene rings is 20. The molecular weight excluding hydrogens is 1750 g/mol. The fraction of sp³-hybridized carbons (Fsp3) is 0. The van der Waals surface area contributed by atoms with Crippen LogP contribution in [0.1, 0.15) is 16.8 Å². The second kappa shape index (κ2) is 32.8. The number of rotatable bonds is 9. The summed E-state index contributed by atoms with van der Waals surface area (Å²) in [6.07, 6.45) is 0. The molecule has 0 atom stereocenters. The van der Waals surface area contributed by atoms with E-state index in [1.54, 1.807) is 0 Å². The third-order valence-electron chi connectivity index (χ3n) is 27.7. The van der Waals surface area contributed by atoms with Crippen LogP contribution in [0.15, 0.2) is 441 Å². The van der Waals surface area contributed by atoms with E-state index in [4.69, 9.17) is 24.4 Å². The summed E-state index contributed by atoms with van der Waals surface area (Å²) < 4.78 is 18.0. The van der Waals surface area contributed by atoms with Gasteiger partial charge in [-0.2, -0.15) is 15.8 Å². The van der Waals surface area contributed by atoms with Crippen molar-refractivity contribution in [3.63, 3.8) is 0 Å². The van der Waals surface area contributed by atoms with Gasteiger partial charge in [-0.15, -0.1) is 22.7 Å². The quantitative estimate of drug-likeness (QED) is 0.139. The van der Waals surface area contributed by atoms with Crippen LogP contribution in [0.5, 0.6) is 0 Å². The fourth-order valence-electron chi connectivity index (χ4n) is 21.4. The molecule has 0 spiro atoms. The summed E-state index contributed by atoms with van der Waals surface area (Å²) in [4.78, 5) is 19.9. The van der Waals surface area contributed by atoms with Crippen molar-refractivity contribution in [2.75, 3.05) is 0 Å². The summed E-state index contributed by atoms with van der Waals surface area (Å²) >= 11 is 3.72. The molecule has 9 aromatic heterocycles. The highest BCUT2D eigenvalue weighted by Gasteiger charge is 2.26. The van der Waals surface area contributed by atoms with Gasteiger partial charge in [-0.25, -0.2) is 19.9 Å². The number of thiophene rings is 2. The molecule has 0 N–H and O–H groups in total. The van der Waals surface area contributed by atoms with Crippen molar-refractivity contribution < 1.29 is 4.42 Å². The van der Waals surface area contributed by atoms with Crippen LogP contribution in [0.4, 0.5) is 0 Å². The van der Waals surface area contributed by atoms with Crippen molar-refractivity contribution in [1.29, 1.82) is 15.8 Å². The maximum absolute atomic E-state index is 10.4. The van der Waals surface area contributed by atoms with E-state index in [0.717, 1.165) is 171 Å². The van der Waals surface area contributed by atoms with Crippen LogP contribution in [-0.4, -0.2) is 33.6 Å². The van der Waals surface area contributed by atoms with Gasteiger partial charge in [-0.3, -0.25) is 9.13 Å². The number of aromatic nitrogens is 7. The first kappa shape index (κ1) is 80.8. The van der Waals surface area contributed by atoms with Gasteiger partial charge in [0.25, 0.3) is 0 Å². The first-order chi connectivity index (χ1) is 69.3. The average Bonchev–Trinajstić information content (AvgIpc) is 1.56. The Balaban J connectivity index is 0.000000106. The van der Waals surface area contributed by atoms with E-state index in [1.165, 1.54) is 89.4 Å². The number of nitrogens with zero attached hydrogens (tertiary/aromatic N) is 10. The molecule has 13 heteroatoms. The molecule has 0 bridgehead atoms. The number of fused-ring (bicyclic) bond motifs is 25. The lowest BCUT2D eigenvalue weighted by Gasteiger charge is -2.15. The van der Waals surface area contributed by atoms with E-state index in [1.807, 2.05) is 144 Å². The highest BCUT2D eigenvalue weighted by molar-refractivity contribution is 7.26. The van der Waals surface area contributed by atoms with Crippen molar-refractivity contribution in [2.24, 2.45) is 0 Å². The third kappa shape index (κ3) is 13.1. The third-order valence-corrected chi connectivity index (χ3v) is 30.0. The predicted molar refractivity (Wildman–Crippen MR) is 581 cm³/mol. The Labute approximate surface area is 808 Å². The van der Waals surface area contributed by atoms with E-state index in [-0.39, 0.29) is 0 Å². The molecule has 9 heterocycles. The molecule has 0 aliphatic carbocycles. The van der Waals surface area contributed by atoms with Crippen molar-refractivity contribution in [3.8, 4) is 103 Å². The lowest BCUT2D eigenvalue weighted by atomic mass is 9.92. The van der Waals surface area contributed by atoms with E-state index in [9.17, 15) is 15.8 Å². The largest absolute Gasteiger partial charge is 0.456 e. The maximum atomic E-state index is 10.4. The maximum Gasteiger partial charge on any atom is 0.236 e. The molecule has 0 amide bonds. The fourth-order valence-corrected chi connectivity index (χ4v) is 23.7. The Morgan fingerprint density at radius 1 is 0.243 bits per heavy atom. The Morgan fingerprint density at radius 3 is 1.45 bits per heavy atom. The SMILES string of the molecule is N#Cc1c(-c2ccccc2)c(-c2ccc(-n3c4ccccc4c4cc(-c5ccc6sc7ccc8ccccc8c7c6c5)ccc43)cc2)nc2ccccc12.N#Cc1cc(-n2c3ccccc3c3ccc(-c4cccc5sc6ccc7ccccc7c6c45)cc32)nc2ccccc12.N#Cc1nc(-n2c3ccc(-c4ccc5oc6ccccc6c5c4)cc3c3c(-c4ccccc4)cccc32)nc2ccccc12. The number of pyridine rings is 2. The highest BCUT2D eigenvalue weighted by Crippen LogP contribution is 2.49. The van der Waals surface area contributed by atoms with Gasteiger partial charge in [0.1, 0.15) is 29.1 Å². The van der Waals surface area contributed by atoms with Gasteiger partial charge in [-0.1, -0.05) is 297 Å². The summed E-state index contributed by atoms with van der Waals surface area (Å²) in [5, 5.41) is 52.5. The van der Waals surface area contributed by atoms with Crippen molar-refractivity contribution in [2.45, 2.75) is 0 Å². The van der Waals surface area contributed by atoms with E-state index in [0.29, 0.717) is 22.8 Å². The van der Waals surface area contributed by atoms with Crippen LogP contribution in [0.3, 0.4) is 0 Å². The van der Waals surface area contributed by atoms with Crippen LogP contribution < -0.4 is 0 Å². The van der Waals surface area contributed by atoms with E-state index in [2.05, 4.69) is 347 Å². The summed E-state index contributed by atoms with van der Waals surface area (Å²) in [6, 6.07) is 160. The molecule has 0 unspecified atom stereocenters. The van der Waals surface area contributed by atoms with Crippen LogP contribution >= 0.6 is 22.7 Å². The molecule has 29 rings (SSSR count). The van der Waals surface area contributed by atoms with Gasteiger partial charge in [0.15, 0.2) is 5.69 Å². The first-order valence-corrected chi connectivity index (χ1v) is 48.2. The van der Waals surface area contributed by atoms with Gasteiger partial charge in [0.05, 0.1) is 72.5 Å². The number of furan rings is 1. The van der Waals surface area contributed by atoms with Crippen molar-refractivity contribution in [1.82, 2.24) is 33.6 Å². The minimum atomic E-state index is 0.358. The van der Waals surface area contributed by atoms with E-state index < -0.39 is 0 Å². The topological polar surface area (TPSA) is 151 Å². The Morgan fingerprint density at radius 2 is 0.736 bits per heavy atom. The summed E-state index contributed by atoms with van der Waals surface area (Å²) in [7, 11) is 0. The molecule has 11 nitrogen and oxygen atoms in total. The van der Waals surface area contributed by atoms with Crippen molar-refractivity contribution >= 4 is 205 Å². The zero-order valence-corrected chi connectivity index (χ0v) is 76.4. The predicted octanol–water partition coefficient (Wildman–Crippen LogP) is 33.9. The Hall–Kier alpha value is -18.8. The minimum absolute atomic E-state index is 0.358. The summed E-state index contributed by atoms with van der Waals surface area (Å²) in [5.74, 6) is 1.23. The molecule has 648 valence electrons. The van der Waals surface area contributed by atoms with E-state index >= 15 is 0 Å². The van der Waals surface area contributed by atoms with Gasteiger partial charge in [0.2, 0.25) is 5.95 Å².